The van der Waals surface area contributed by atoms with Crippen LogP contribution < -0.4 is 11.6 Å². The summed E-state index contributed by atoms with van der Waals surface area (Å²) in [6.07, 6.45) is 2.70. The number of hydrogen-bond acceptors (Lipinski definition) is 4. The molecule has 0 bridgehead atoms. The Labute approximate surface area is 59.7 Å². The molecule has 0 radical (unpaired) electrons. The first-order chi connectivity index (χ1) is 4.63. The van der Waals surface area contributed by atoms with Crippen molar-refractivity contribution in [2.24, 2.45) is 11.6 Å². The third-order valence-corrected chi connectivity index (χ3v) is 0.956. The Morgan fingerprint density at radius 3 is 2.00 bits per heavy atom. The number of nitrogens with zero attached hydrogens (tertiary/aromatic N) is 1. The Hall–Kier alpha value is -1.26. The quantitative estimate of drug-likeness (QED) is 0.296. The summed E-state index contributed by atoms with van der Waals surface area (Å²) >= 11 is 0. The van der Waals surface area contributed by atoms with E-state index in [9.17, 15) is 0 Å². The third kappa shape index (κ3) is 1.93. The van der Waals surface area contributed by atoms with Gasteiger partial charge in [0, 0.05) is 0 Å². The summed E-state index contributed by atoms with van der Waals surface area (Å²) in [5.74, 6) is 4.96. The molecule has 0 heterocycles. The monoisotopic (exact) mass is 141 g/mol. The van der Waals surface area contributed by atoms with E-state index >= 15 is 0 Å². The van der Waals surface area contributed by atoms with Crippen molar-refractivity contribution in [3.63, 3.8) is 0 Å². The molecule has 0 aromatic heterocycles. The molecule has 4 nitrogen and oxygen atoms in total. The van der Waals surface area contributed by atoms with Gasteiger partial charge in [-0.2, -0.15) is 5.17 Å². The van der Waals surface area contributed by atoms with Crippen LogP contribution in [-0.2, 0) is 0 Å². The maximum Gasteiger partial charge on any atom is 0.104 e. The normalized spacial score (nSPS) is 11.8. The van der Waals surface area contributed by atoms with E-state index in [1.807, 2.05) is 0 Å². The van der Waals surface area contributed by atoms with Crippen molar-refractivity contribution in [3.05, 3.63) is 36.7 Å². The van der Waals surface area contributed by atoms with Crippen LogP contribution in [0, 0.1) is 0 Å². The highest BCUT2D eigenvalue weighted by Gasteiger charge is 1.99. The van der Waals surface area contributed by atoms with Gasteiger partial charge in [0.15, 0.2) is 0 Å². The van der Waals surface area contributed by atoms with E-state index in [0.29, 0.717) is 5.17 Å². The van der Waals surface area contributed by atoms with Crippen LogP contribution in [0.2, 0.25) is 0 Å². The first-order valence-electron chi connectivity index (χ1n) is 2.61. The standard InChI is InChI=1S/C6H11N3O/c1-3-5(7)6(4-2)9(8)10/h3-4,10H,1-2,7-8H2/b6-5-. The van der Waals surface area contributed by atoms with Gasteiger partial charge >= 0.3 is 0 Å². The molecule has 0 saturated heterocycles. The molecule has 0 fully saturated rings. The van der Waals surface area contributed by atoms with E-state index < -0.39 is 0 Å². The first kappa shape index (κ1) is 8.74. The van der Waals surface area contributed by atoms with Crippen molar-refractivity contribution in [2.75, 3.05) is 0 Å². The average molecular weight is 141 g/mol. The van der Waals surface area contributed by atoms with Crippen LogP contribution in [0.15, 0.2) is 36.7 Å². The van der Waals surface area contributed by atoms with Gasteiger partial charge in [-0.05, 0) is 12.2 Å². The molecule has 0 aliphatic rings. The van der Waals surface area contributed by atoms with Crippen molar-refractivity contribution < 1.29 is 5.21 Å². The van der Waals surface area contributed by atoms with Gasteiger partial charge in [0.05, 0.1) is 5.70 Å². The minimum atomic E-state index is 0.231. The highest BCUT2D eigenvalue weighted by molar-refractivity contribution is 5.26. The lowest BCUT2D eigenvalue weighted by atomic mass is 10.3. The zero-order valence-corrected chi connectivity index (χ0v) is 5.62. The summed E-state index contributed by atoms with van der Waals surface area (Å²) < 4.78 is 0. The minimum absolute atomic E-state index is 0.231. The Morgan fingerprint density at radius 2 is 1.90 bits per heavy atom. The van der Waals surface area contributed by atoms with Gasteiger partial charge in [0.2, 0.25) is 0 Å². The average Bonchev–Trinajstić information content (AvgIpc) is 1.88. The number of hydroxylamine groups is 1. The van der Waals surface area contributed by atoms with Crippen LogP contribution in [0.5, 0.6) is 0 Å². The van der Waals surface area contributed by atoms with E-state index in [0.717, 1.165) is 0 Å². The second-order valence-corrected chi connectivity index (χ2v) is 1.59. The Balaban J connectivity index is 4.61. The number of nitrogens with two attached hydrogens (primary N) is 2. The third-order valence-electron chi connectivity index (χ3n) is 0.956. The molecule has 0 aliphatic carbocycles. The second kappa shape index (κ2) is 3.71. The summed E-state index contributed by atoms with van der Waals surface area (Å²) in [6, 6.07) is 0. The lowest BCUT2D eigenvalue weighted by Crippen LogP contribution is -2.27. The molecule has 0 saturated carbocycles. The van der Waals surface area contributed by atoms with Crippen molar-refractivity contribution in [2.45, 2.75) is 0 Å². The van der Waals surface area contributed by atoms with E-state index in [4.69, 9.17) is 16.8 Å². The molecule has 0 atom stereocenters. The molecule has 0 aromatic rings. The van der Waals surface area contributed by atoms with Crippen LogP contribution in [0.25, 0.3) is 0 Å². The van der Waals surface area contributed by atoms with Crippen LogP contribution in [-0.4, -0.2) is 10.4 Å². The van der Waals surface area contributed by atoms with E-state index in [1.165, 1.54) is 12.2 Å². The van der Waals surface area contributed by atoms with Crippen molar-refractivity contribution in [3.8, 4) is 0 Å². The molecule has 4 heteroatoms. The minimum Gasteiger partial charge on any atom is -0.397 e. The molecule has 10 heavy (non-hydrogen) atoms. The van der Waals surface area contributed by atoms with Gasteiger partial charge in [-0.1, -0.05) is 13.2 Å². The summed E-state index contributed by atoms with van der Waals surface area (Å²) in [5, 5.41) is 9.06. The zero-order valence-electron chi connectivity index (χ0n) is 5.62. The van der Waals surface area contributed by atoms with E-state index in [2.05, 4.69) is 13.2 Å². The molecule has 0 unspecified atom stereocenters. The van der Waals surface area contributed by atoms with Crippen LogP contribution in [0.3, 0.4) is 0 Å². The van der Waals surface area contributed by atoms with Gasteiger partial charge in [-0.3, -0.25) is 5.21 Å². The Kier molecular flexibility index (Phi) is 3.24. The Morgan fingerprint density at radius 1 is 1.40 bits per heavy atom. The van der Waals surface area contributed by atoms with Crippen LogP contribution in [0.1, 0.15) is 0 Å². The van der Waals surface area contributed by atoms with Gasteiger partial charge in [0.25, 0.3) is 0 Å². The van der Waals surface area contributed by atoms with Gasteiger partial charge < -0.3 is 5.73 Å². The number of rotatable bonds is 3. The van der Waals surface area contributed by atoms with E-state index in [-0.39, 0.29) is 11.4 Å². The highest BCUT2D eigenvalue weighted by Crippen LogP contribution is 2.01. The van der Waals surface area contributed by atoms with Crippen molar-refractivity contribution in [1.82, 2.24) is 5.17 Å². The summed E-state index contributed by atoms with van der Waals surface area (Å²) in [4.78, 5) is 0. The first-order valence-corrected chi connectivity index (χ1v) is 2.61. The molecule has 0 rings (SSSR count). The smallest absolute Gasteiger partial charge is 0.104 e. The van der Waals surface area contributed by atoms with Crippen LogP contribution >= 0.6 is 0 Å². The number of hydrazine groups is 1. The SMILES string of the molecule is C=C/C(N)=C(\C=C)N(N)O. The lowest BCUT2D eigenvalue weighted by Gasteiger charge is -2.11. The number of allylic oxidation sites excluding steroid dienone is 2. The number of hydrogen-bond donors (Lipinski definition) is 3. The molecular weight excluding hydrogens is 130 g/mol. The fourth-order valence-corrected chi connectivity index (χ4v) is 0.448. The largest absolute Gasteiger partial charge is 0.397 e. The summed E-state index contributed by atoms with van der Waals surface area (Å²) in [7, 11) is 0. The molecule has 5 N–H and O–H groups in total. The summed E-state index contributed by atoms with van der Waals surface area (Å²) in [6.45, 7) is 6.77. The van der Waals surface area contributed by atoms with Crippen molar-refractivity contribution >= 4 is 0 Å². The molecule has 0 aliphatic heterocycles. The Bertz CT molecular complexity index is 172. The lowest BCUT2D eigenvalue weighted by molar-refractivity contribution is -0.0535. The van der Waals surface area contributed by atoms with E-state index in [1.54, 1.807) is 0 Å². The molecular formula is C6H11N3O. The molecule has 56 valence electrons. The maximum absolute atomic E-state index is 8.67. The molecule has 0 amide bonds. The van der Waals surface area contributed by atoms with Crippen LogP contribution in [0.4, 0.5) is 0 Å². The highest BCUT2D eigenvalue weighted by atomic mass is 16.5. The molecule has 0 aromatic carbocycles. The predicted molar refractivity (Wildman–Crippen MR) is 39.4 cm³/mol. The van der Waals surface area contributed by atoms with Gasteiger partial charge in [-0.15, -0.1) is 0 Å². The predicted octanol–water partition coefficient (Wildman–Crippen LogP) is 0.0936. The van der Waals surface area contributed by atoms with Gasteiger partial charge in [-0.25, -0.2) is 5.84 Å². The molecule has 0 spiro atoms. The van der Waals surface area contributed by atoms with Gasteiger partial charge in [0.1, 0.15) is 5.70 Å². The fraction of sp³-hybridized carbons (Fsp3) is 0. The zero-order chi connectivity index (χ0) is 8.15. The second-order valence-electron chi connectivity index (χ2n) is 1.59. The summed E-state index contributed by atoms with van der Waals surface area (Å²) in [5.41, 5.74) is 5.85. The topological polar surface area (TPSA) is 75.5 Å². The fourth-order valence-electron chi connectivity index (χ4n) is 0.448. The van der Waals surface area contributed by atoms with Crippen molar-refractivity contribution in [1.29, 1.82) is 0 Å². The maximum atomic E-state index is 8.67.